The zero-order valence-electron chi connectivity index (χ0n) is 7.18. The van der Waals surface area contributed by atoms with Gasteiger partial charge in [-0.3, -0.25) is 0 Å². The first-order valence-electron chi connectivity index (χ1n) is 3.70. The lowest BCUT2D eigenvalue weighted by Crippen LogP contribution is -2.27. The van der Waals surface area contributed by atoms with Crippen molar-refractivity contribution in [3.05, 3.63) is 23.4 Å². The molecule has 1 rings (SSSR count). The summed E-state index contributed by atoms with van der Waals surface area (Å²) in [6.45, 7) is 6.58. The molecule has 1 nitrogen and oxygen atoms in total. The molecule has 0 spiro atoms. The van der Waals surface area contributed by atoms with E-state index in [4.69, 9.17) is 0 Å². The first-order valence-corrected chi connectivity index (χ1v) is 3.70. The summed E-state index contributed by atoms with van der Waals surface area (Å²) in [5.41, 5.74) is 2.88. The fourth-order valence-corrected chi connectivity index (χ4v) is 1.12. The number of hydrogen-bond acceptors (Lipinski definition) is 1. The van der Waals surface area contributed by atoms with E-state index in [2.05, 4.69) is 45.0 Å². The van der Waals surface area contributed by atoms with Crippen molar-refractivity contribution >= 4 is 0 Å². The molecule has 0 radical (unpaired) electrons. The van der Waals surface area contributed by atoms with Gasteiger partial charge < -0.3 is 4.90 Å². The van der Waals surface area contributed by atoms with Crippen LogP contribution in [-0.4, -0.2) is 18.0 Å². The Bertz CT molecular complexity index is 189. The van der Waals surface area contributed by atoms with Crippen LogP contribution in [-0.2, 0) is 0 Å². The summed E-state index contributed by atoms with van der Waals surface area (Å²) in [6, 6.07) is 0.574. The van der Waals surface area contributed by atoms with Crippen LogP contribution in [0.3, 0.4) is 0 Å². The van der Waals surface area contributed by atoms with Crippen molar-refractivity contribution in [2.75, 3.05) is 7.05 Å². The lowest BCUT2D eigenvalue weighted by molar-refractivity contribution is 0.384. The molecule has 0 aromatic heterocycles. The monoisotopic (exact) mass is 137 g/mol. The van der Waals surface area contributed by atoms with Crippen molar-refractivity contribution in [1.29, 1.82) is 0 Å². The number of allylic oxidation sites excluding steroid dienone is 2. The van der Waals surface area contributed by atoms with E-state index >= 15 is 0 Å². The van der Waals surface area contributed by atoms with Gasteiger partial charge >= 0.3 is 0 Å². The maximum Gasteiger partial charge on any atom is 0.0468 e. The fourth-order valence-electron chi connectivity index (χ4n) is 1.12. The standard InChI is InChI=1S/C9H15N/c1-7-5-6-10(4)9(3)8(7)2/h5-6,9H,1-4H3. The van der Waals surface area contributed by atoms with Crippen LogP contribution in [0.15, 0.2) is 23.4 Å². The van der Waals surface area contributed by atoms with Crippen LogP contribution in [0.2, 0.25) is 0 Å². The molecule has 56 valence electrons. The number of nitrogens with zero attached hydrogens (tertiary/aromatic N) is 1. The minimum Gasteiger partial charge on any atom is -0.374 e. The van der Waals surface area contributed by atoms with Gasteiger partial charge in [0.25, 0.3) is 0 Å². The third-order valence-corrected chi connectivity index (χ3v) is 2.42. The lowest BCUT2D eigenvalue weighted by atomic mass is 10.0. The van der Waals surface area contributed by atoms with E-state index in [0.717, 1.165) is 0 Å². The molecule has 0 amide bonds. The molecule has 0 aromatic rings. The Hall–Kier alpha value is -0.720. The van der Waals surface area contributed by atoms with Crippen molar-refractivity contribution in [1.82, 2.24) is 4.90 Å². The first-order chi connectivity index (χ1) is 4.63. The minimum absolute atomic E-state index is 0.574. The van der Waals surface area contributed by atoms with Gasteiger partial charge in [0.15, 0.2) is 0 Å². The predicted octanol–water partition coefficient (Wildman–Crippen LogP) is 2.17. The molecule has 10 heavy (non-hydrogen) atoms. The van der Waals surface area contributed by atoms with Gasteiger partial charge in [-0.25, -0.2) is 0 Å². The molecule has 0 N–H and O–H groups in total. The van der Waals surface area contributed by atoms with Crippen LogP contribution in [0.25, 0.3) is 0 Å². The average Bonchev–Trinajstić information content (AvgIpc) is 1.93. The molecule has 0 saturated carbocycles. The largest absolute Gasteiger partial charge is 0.374 e. The summed E-state index contributed by atoms with van der Waals surface area (Å²) in [5, 5.41) is 0. The SMILES string of the molecule is CC1=C(C)C(C)N(C)C=C1. The van der Waals surface area contributed by atoms with Gasteiger partial charge in [0.1, 0.15) is 0 Å². The van der Waals surface area contributed by atoms with E-state index in [1.54, 1.807) is 0 Å². The number of likely N-dealkylation sites (N-methyl/N-ethyl adjacent to an activating group) is 1. The Labute approximate surface area is 63.0 Å². The van der Waals surface area contributed by atoms with Crippen LogP contribution in [0.1, 0.15) is 20.8 Å². The number of hydrogen-bond donors (Lipinski definition) is 0. The topological polar surface area (TPSA) is 3.24 Å². The molecule has 1 heterocycles. The number of rotatable bonds is 0. The smallest absolute Gasteiger partial charge is 0.0468 e. The molecule has 1 aliphatic rings. The molecule has 0 fully saturated rings. The third kappa shape index (κ3) is 1.08. The highest BCUT2D eigenvalue weighted by atomic mass is 15.1. The second kappa shape index (κ2) is 2.49. The Kier molecular flexibility index (Phi) is 1.84. The van der Waals surface area contributed by atoms with Crippen LogP contribution in [0.5, 0.6) is 0 Å². The minimum atomic E-state index is 0.574. The molecule has 0 saturated heterocycles. The van der Waals surface area contributed by atoms with E-state index in [1.165, 1.54) is 11.1 Å². The quantitative estimate of drug-likeness (QED) is 0.494. The van der Waals surface area contributed by atoms with Crippen LogP contribution >= 0.6 is 0 Å². The highest BCUT2D eigenvalue weighted by Crippen LogP contribution is 2.18. The Morgan fingerprint density at radius 1 is 1.40 bits per heavy atom. The highest BCUT2D eigenvalue weighted by molar-refractivity contribution is 5.29. The van der Waals surface area contributed by atoms with Crippen molar-refractivity contribution < 1.29 is 0 Å². The van der Waals surface area contributed by atoms with Gasteiger partial charge in [0.2, 0.25) is 0 Å². The molecule has 1 atom stereocenters. The summed E-state index contributed by atoms with van der Waals surface area (Å²) in [7, 11) is 2.11. The molecule has 0 bridgehead atoms. The zero-order valence-corrected chi connectivity index (χ0v) is 7.18. The van der Waals surface area contributed by atoms with Gasteiger partial charge in [-0.1, -0.05) is 0 Å². The van der Waals surface area contributed by atoms with Gasteiger partial charge in [0, 0.05) is 13.1 Å². The van der Waals surface area contributed by atoms with E-state index in [-0.39, 0.29) is 0 Å². The van der Waals surface area contributed by atoms with Gasteiger partial charge in [0.05, 0.1) is 0 Å². The van der Waals surface area contributed by atoms with Gasteiger partial charge in [-0.05, 0) is 44.2 Å². The Morgan fingerprint density at radius 3 is 2.50 bits per heavy atom. The molecule has 0 aliphatic carbocycles. The van der Waals surface area contributed by atoms with Crippen LogP contribution in [0.4, 0.5) is 0 Å². The van der Waals surface area contributed by atoms with E-state index in [0.29, 0.717) is 6.04 Å². The second-order valence-corrected chi connectivity index (χ2v) is 3.02. The van der Waals surface area contributed by atoms with E-state index in [9.17, 15) is 0 Å². The molecule has 1 unspecified atom stereocenters. The maximum absolute atomic E-state index is 2.22. The van der Waals surface area contributed by atoms with Crippen molar-refractivity contribution in [2.24, 2.45) is 0 Å². The van der Waals surface area contributed by atoms with Gasteiger partial charge in [-0.15, -0.1) is 0 Å². The Morgan fingerprint density at radius 2 is 2.00 bits per heavy atom. The molecule has 1 aliphatic heterocycles. The van der Waals surface area contributed by atoms with E-state index in [1.807, 2.05) is 0 Å². The maximum atomic E-state index is 2.22. The van der Waals surface area contributed by atoms with Crippen LogP contribution in [0, 0.1) is 0 Å². The molecule has 1 heteroatoms. The van der Waals surface area contributed by atoms with Crippen molar-refractivity contribution in [3.8, 4) is 0 Å². The van der Waals surface area contributed by atoms with E-state index < -0.39 is 0 Å². The summed E-state index contributed by atoms with van der Waals surface area (Å²) < 4.78 is 0. The highest BCUT2D eigenvalue weighted by Gasteiger charge is 2.12. The zero-order chi connectivity index (χ0) is 7.72. The summed E-state index contributed by atoms with van der Waals surface area (Å²) >= 11 is 0. The van der Waals surface area contributed by atoms with Crippen LogP contribution < -0.4 is 0 Å². The third-order valence-electron chi connectivity index (χ3n) is 2.42. The second-order valence-electron chi connectivity index (χ2n) is 3.02. The summed E-state index contributed by atoms with van der Waals surface area (Å²) in [6.07, 6.45) is 4.29. The summed E-state index contributed by atoms with van der Waals surface area (Å²) in [4.78, 5) is 2.22. The predicted molar refractivity (Wildman–Crippen MR) is 44.7 cm³/mol. The average molecular weight is 137 g/mol. The molecule has 0 aromatic carbocycles. The fraction of sp³-hybridized carbons (Fsp3) is 0.556. The molecular weight excluding hydrogens is 122 g/mol. The normalized spacial score (nSPS) is 26.0. The lowest BCUT2D eigenvalue weighted by Gasteiger charge is -2.28. The van der Waals surface area contributed by atoms with Crippen molar-refractivity contribution in [3.63, 3.8) is 0 Å². The van der Waals surface area contributed by atoms with Gasteiger partial charge in [-0.2, -0.15) is 0 Å². The molecular formula is C9H15N. The first kappa shape index (κ1) is 7.39. The Balaban J connectivity index is 2.88. The summed E-state index contributed by atoms with van der Waals surface area (Å²) in [5.74, 6) is 0. The van der Waals surface area contributed by atoms with Crippen molar-refractivity contribution in [2.45, 2.75) is 26.8 Å².